The number of carbonyl (C=O) groups is 3. The molecule has 0 aromatic heterocycles. The molecule has 0 spiro atoms. The number of anilines is 2. The third kappa shape index (κ3) is 3.45. The van der Waals surface area contributed by atoms with E-state index in [1.165, 1.54) is 0 Å². The first-order chi connectivity index (χ1) is 13.0. The fourth-order valence-electron chi connectivity index (χ4n) is 3.93. The first-order valence-electron chi connectivity index (χ1n) is 10.0. The van der Waals surface area contributed by atoms with E-state index >= 15 is 0 Å². The summed E-state index contributed by atoms with van der Waals surface area (Å²) in [5.74, 6) is 0.0968. The van der Waals surface area contributed by atoms with Crippen LogP contribution in [0.3, 0.4) is 0 Å². The Balaban J connectivity index is 1.47. The zero-order chi connectivity index (χ0) is 19.1. The zero-order valence-corrected chi connectivity index (χ0v) is 16.0. The van der Waals surface area contributed by atoms with Crippen LogP contribution in [0.25, 0.3) is 0 Å². The summed E-state index contributed by atoms with van der Waals surface area (Å²) in [6.07, 6.45) is 3.96. The molecule has 1 aromatic carbocycles. The molecule has 0 bridgehead atoms. The molecule has 6 nitrogen and oxygen atoms in total. The van der Waals surface area contributed by atoms with E-state index in [-0.39, 0.29) is 42.0 Å². The van der Waals surface area contributed by atoms with Crippen molar-refractivity contribution in [2.45, 2.75) is 52.0 Å². The maximum atomic E-state index is 12.5. The van der Waals surface area contributed by atoms with Crippen LogP contribution >= 0.6 is 0 Å². The summed E-state index contributed by atoms with van der Waals surface area (Å²) in [5, 5.41) is 2.98. The number of amides is 3. The van der Waals surface area contributed by atoms with Gasteiger partial charge in [-0.05, 0) is 56.4 Å². The Morgan fingerprint density at radius 1 is 1.26 bits per heavy atom. The van der Waals surface area contributed by atoms with Crippen LogP contribution in [0.15, 0.2) is 18.2 Å². The molecular formula is C21H27N3O3. The molecule has 3 aliphatic rings. The average Bonchev–Trinajstić information content (AvgIpc) is 3.31. The third-order valence-corrected chi connectivity index (χ3v) is 5.96. The van der Waals surface area contributed by atoms with Crippen molar-refractivity contribution in [3.63, 3.8) is 0 Å². The predicted molar refractivity (Wildman–Crippen MR) is 104 cm³/mol. The van der Waals surface area contributed by atoms with Crippen LogP contribution in [-0.4, -0.2) is 36.9 Å². The molecule has 1 saturated carbocycles. The van der Waals surface area contributed by atoms with Crippen LogP contribution in [-0.2, 0) is 20.8 Å². The van der Waals surface area contributed by atoms with E-state index in [2.05, 4.69) is 5.32 Å². The van der Waals surface area contributed by atoms with Crippen molar-refractivity contribution >= 4 is 29.1 Å². The Bertz CT molecular complexity index is 787. The first kappa shape index (κ1) is 18.0. The van der Waals surface area contributed by atoms with Gasteiger partial charge in [-0.25, -0.2) is 0 Å². The summed E-state index contributed by atoms with van der Waals surface area (Å²) in [6.45, 7) is 5.15. The van der Waals surface area contributed by atoms with E-state index in [4.69, 9.17) is 0 Å². The topological polar surface area (TPSA) is 69.7 Å². The molecule has 4 rings (SSSR count). The van der Waals surface area contributed by atoms with Crippen molar-refractivity contribution in [1.82, 2.24) is 5.32 Å². The van der Waals surface area contributed by atoms with Crippen LogP contribution in [0.4, 0.5) is 11.4 Å². The Labute approximate surface area is 159 Å². The molecule has 1 N–H and O–H groups in total. The van der Waals surface area contributed by atoms with Gasteiger partial charge in [0.25, 0.3) is 0 Å². The highest BCUT2D eigenvalue weighted by Crippen LogP contribution is 2.38. The van der Waals surface area contributed by atoms with Gasteiger partial charge in [0.1, 0.15) is 0 Å². The van der Waals surface area contributed by atoms with Gasteiger partial charge in [-0.3, -0.25) is 14.4 Å². The Hall–Kier alpha value is -2.37. The van der Waals surface area contributed by atoms with Gasteiger partial charge in [-0.2, -0.15) is 0 Å². The normalized spacial score (nSPS) is 22.7. The second-order valence-electron chi connectivity index (χ2n) is 8.05. The van der Waals surface area contributed by atoms with E-state index in [1.54, 1.807) is 4.90 Å². The summed E-state index contributed by atoms with van der Waals surface area (Å²) in [6, 6.07) is 6.00. The maximum Gasteiger partial charge on any atom is 0.230 e. The summed E-state index contributed by atoms with van der Waals surface area (Å²) >= 11 is 0. The van der Waals surface area contributed by atoms with Gasteiger partial charge >= 0.3 is 0 Å². The van der Waals surface area contributed by atoms with Crippen molar-refractivity contribution in [2.24, 2.45) is 11.8 Å². The minimum absolute atomic E-state index is 0.0110. The van der Waals surface area contributed by atoms with Crippen LogP contribution in [0.1, 0.15) is 45.1 Å². The van der Waals surface area contributed by atoms with Gasteiger partial charge in [0.2, 0.25) is 17.7 Å². The van der Waals surface area contributed by atoms with Gasteiger partial charge in [-0.1, -0.05) is 6.92 Å². The molecule has 2 aliphatic heterocycles. The van der Waals surface area contributed by atoms with E-state index in [0.29, 0.717) is 6.54 Å². The number of nitrogens with zero attached hydrogens (tertiary/aromatic N) is 2. The second-order valence-corrected chi connectivity index (χ2v) is 8.05. The summed E-state index contributed by atoms with van der Waals surface area (Å²) in [5.41, 5.74) is 2.92. The molecule has 0 unspecified atom stereocenters. The minimum atomic E-state index is -0.298. The van der Waals surface area contributed by atoms with Crippen molar-refractivity contribution in [3.05, 3.63) is 23.8 Å². The molecule has 1 aromatic rings. The molecule has 2 fully saturated rings. The van der Waals surface area contributed by atoms with E-state index in [9.17, 15) is 14.4 Å². The average molecular weight is 369 g/mol. The van der Waals surface area contributed by atoms with Crippen molar-refractivity contribution < 1.29 is 14.4 Å². The van der Waals surface area contributed by atoms with Gasteiger partial charge in [0.05, 0.1) is 5.92 Å². The number of fused-ring (bicyclic) bond motifs is 1. The first-order valence-corrected chi connectivity index (χ1v) is 10.0. The van der Waals surface area contributed by atoms with E-state index in [1.807, 2.05) is 36.9 Å². The SMILES string of the molecule is CC[C@@H](C)NC(=O)[C@H]1CC(=O)N(c2ccc3c(c2)CCN3C(=O)C2CC2)C1. The van der Waals surface area contributed by atoms with Crippen LogP contribution in [0.5, 0.6) is 0 Å². The van der Waals surface area contributed by atoms with Crippen LogP contribution in [0, 0.1) is 11.8 Å². The second kappa shape index (κ2) is 6.98. The van der Waals surface area contributed by atoms with Gasteiger partial charge in [0.15, 0.2) is 0 Å². The Morgan fingerprint density at radius 3 is 2.74 bits per heavy atom. The highest BCUT2D eigenvalue weighted by Gasteiger charge is 2.38. The summed E-state index contributed by atoms with van der Waals surface area (Å²) < 4.78 is 0. The number of hydrogen-bond acceptors (Lipinski definition) is 3. The van der Waals surface area contributed by atoms with Gasteiger partial charge in [-0.15, -0.1) is 0 Å². The molecule has 144 valence electrons. The quantitative estimate of drug-likeness (QED) is 0.865. The lowest BCUT2D eigenvalue weighted by Crippen LogP contribution is -2.38. The molecule has 1 aliphatic carbocycles. The molecule has 2 heterocycles. The lowest BCUT2D eigenvalue weighted by atomic mass is 10.1. The largest absolute Gasteiger partial charge is 0.353 e. The minimum Gasteiger partial charge on any atom is -0.353 e. The summed E-state index contributed by atoms with van der Waals surface area (Å²) in [7, 11) is 0. The molecule has 27 heavy (non-hydrogen) atoms. The van der Waals surface area contributed by atoms with E-state index in [0.717, 1.165) is 49.2 Å². The van der Waals surface area contributed by atoms with Crippen molar-refractivity contribution in [3.8, 4) is 0 Å². The smallest absolute Gasteiger partial charge is 0.230 e. The highest BCUT2D eigenvalue weighted by atomic mass is 16.2. The molecule has 1 saturated heterocycles. The highest BCUT2D eigenvalue weighted by molar-refractivity contribution is 6.02. The Morgan fingerprint density at radius 2 is 2.04 bits per heavy atom. The lowest BCUT2D eigenvalue weighted by molar-refractivity contribution is -0.126. The zero-order valence-electron chi connectivity index (χ0n) is 16.0. The molecule has 0 radical (unpaired) electrons. The number of carbonyl (C=O) groups excluding carboxylic acids is 3. The monoisotopic (exact) mass is 369 g/mol. The standard InChI is InChI=1S/C21H27N3O3/c1-3-13(2)22-20(26)16-11-19(25)24(12-16)17-6-7-18-15(10-17)8-9-23(18)21(27)14-4-5-14/h6-7,10,13-14,16H,3-5,8-9,11-12H2,1-2H3,(H,22,26)/t13-,16+/m1/s1. The van der Waals surface area contributed by atoms with Crippen molar-refractivity contribution in [1.29, 1.82) is 0 Å². The fourth-order valence-corrected chi connectivity index (χ4v) is 3.93. The molecular weight excluding hydrogens is 342 g/mol. The lowest BCUT2D eigenvalue weighted by Gasteiger charge is -2.20. The molecule has 6 heteroatoms. The van der Waals surface area contributed by atoms with Gasteiger partial charge < -0.3 is 15.1 Å². The van der Waals surface area contributed by atoms with Crippen molar-refractivity contribution in [2.75, 3.05) is 22.9 Å². The Kier molecular flexibility index (Phi) is 4.66. The number of rotatable bonds is 5. The maximum absolute atomic E-state index is 12.5. The van der Waals surface area contributed by atoms with Gasteiger partial charge in [0, 0.05) is 42.8 Å². The van der Waals surface area contributed by atoms with Crippen LogP contribution in [0.2, 0.25) is 0 Å². The fraction of sp³-hybridized carbons (Fsp3) is 0.571. The van der Waals surface area contributed by atoms with Crippen LogP contribution < -0.4 is 15.1 Å². The van der Waals surface area contributed by atoms with E-state index < -0.39 is 0 Å². The number of nitrogens with one attached hydrogen (secondary N) is 1. The number of hydrogen-bond donors (Lipinski definition) is 1. The third-order valence-electron chi connectivity index (χ3n) is 5.96. The molecule has 3 amide bonds. The summed E-state index contributed by atoms with van der Waals surface area (Å²) in [4.78, 5) is 40.9. The molecule has 2 atom stereocenters. The number of benzene rings is 1. The predicted octanol–water partition coefficient (Wildman–Crippen LogP) is 2.25.